The molecule has 0 aliphatic carbocycles. The molecule has 0 aromatic carbocycles. The van der Waals surface area contributed by atoms with Crippen molar-refractivity contribution in [1.29, 1.82) is 5.26 Å². The minimum absolute atomic E-state index is 0.157. The summed E-state index contributed by atoms with van der Waals surface area (Å²) in [7, 11) is 0. The van der Waals surface area contributed by atoms with E-state index < -0.39 is 5.54 Å². The lowest BCUT2D eigenvalue weighted by Crippen LogP contribution is -2.55. The monoisotopic (exact) mass is 267 g/mol. The molecule has 4 nitrogen and oxygen atoms in total. The second-order valence-electron chi connectivity index (χ2n) is 5.73. The van der Waals surface area contributed by atoms with Crippen molar-refractivity contribution in [3.63, 3.8) is 0 Å². The maximum absolute atomic E-state index is 9.57. The van der Waals surface area contributed by atoms with E-state index in [1.807, 2.05) is 0 Å². The highest BCUT2D eigenvalue weighted by atomic mass is 16.5. The van der Waals surface area contributed by atoms with E-state index in [0.29, 0.717) is 6.61 Å². The molecule has 2 unspecified atom stereocenters. The van der Waals surface area contributed by atoms with Crippen LogP contribution in [0.1, 0.15) is 47.0 Å². The van der Waals surface area contributed by atoms with Crippen LogP contribution in [0.5, 0.6) is 0 Å². The number of nitriles is 1. The number of likely N-dealkylation sites (N-methyl/N-ethyl adjacent to an activating group) is 1. The number of nitrogens with one attached hydrogen (secondary N) is 1. The summed E-state index contributed by atoms with van der Waals surface area (Å²) in [5.74, 6) is 0. The highest BCUT2D eigenvalue weighted by molar-refractivity contribution is 5.12. The zero-order chi connectivity index (χ0) is 14.4. The van der Waals surface area contributed by atoms with Gasteiger partial charge in [-0.2, -0.15) is 5.26 Å². The van der Waals surface area contributed by atoms with Gasteiger partial charge in [0, 0.05) is 25.9 Å². The Labute approximate surface area is 118 Å². The smallest absolute Gasteiger partial charge is 0.111 e. The molecule has 1 saturated heterocycles. The van der Waals surface area contributed by atoms with E-state index in [-0.39, 0.29) is 5.60 Å². The Morgan fingerprint density at radius 2 is 2.00 bits per heavy atom. The van der Waals surface area contributed by atoms with E-state index >= 15 is 0 Å². The summed E-state index contributed by atoms with van der Waals surface area (Å²) in [5.41, 5.74) is -0.563. The lowest BCUT2D eigenvalue weighted by Gasteiger charge is -2.43. The van der Waals surface area contributed by atoms with Crippen molar-refractivity contribution in [2.24, 2.45) is 0 Å². The molecule has 1 fully saturated rings. The van der Waals surface area contributed by atoms with Gasteiger partial charge in [-0.25, -0.2) is 0 Å². The normalized spacial score (nSPS) is 31.4. The molecule has 0 spiro atoms. The van der Waals surface area contributed by atoms with E-state index in [4.69, 9.17) is 4.74 Å². The topological polar surface area (TPSA) is 48.3 Å². The van der Waals surface area contributed by atoms with Gasteiger partial charge in [0.1, 0.15) is 5.54 Å². The Bertz CT molecular complexity index is 311. The quantitative estimate of drug-likeness (QED) is 0.768. The van der Waals surface area contributed by atoms with Crippen LogP contribution in [0.2, 0.25) is 0 Å². The predicted molar refractivity (Wildman–Crippen MR) is 78.0 cm³/mol. The Morgan fingerprint density at radius 3 is 2.53 bits per heavy atom. The first-order chi connectivity index (χ1) is 9.03. The molecule has 0 aromatic heterocycles. The van der Waals surface area contributed by atoms with Crippen molar-refractivity contribution in [1.82, 2.24) is 10.2 Å². The summed E-state index contributed by atoms with van der Waals surface area (Å²) in [6.45, 7) is 13.3. The van der Waals surface area contributed by atoms with Gasteiger partial charge in [-0.3, -0.25) is 5.32 Å². The second-order valence-corrected chi connectivity index (χ2v) is 5.73. The average Bonchev–Trinajstić information content (AvgIpc) is 2.44. The van der Waals surface area contributed by atoms with Crippen molar-refractivity contribution >= 4 is 0 Å². The first-order valence-corrected chi connectivity index (χ1v) is 7.55. The molecule has 110 valence electrons. The average molecular weight is 267 g/mol. The molecular formula is C15H29N3O. The summed E-state index contributed by atoms with van der Waals surface area (Å²) in [5, 5.41) is 13.1. The number of rotatable bonds is 7. The van der Waals surface area contributed by atoms with E-state index in [1.54, 1.807) is 0 Å². The van der Waals surface area contributed by atoms with Gasteiger partial charge < -0.3 is 9.64 Å². The van der Waals surface area contributed by atoms with Crippen molar-refractivity contribution in [2.75, 3.05) is 32.8 Å². The molecule has 0 radical (unpaired) electrons. The van der Waals surface area contributed by atoms with Gasteiger partial charge in [-0.05, 0) is 26.4 Å². The molecule has 0 saturated carbocycles. The van der Waals surface area contributed by atoms with Crippen LogP contribution in [0.25, 0.3) is 0 Å². The SMILES string of the molecule is CCN(CC)CCNC1(C#N)CCOC(C)(CC)C1. The summed E-state index contributed by atoms with van der Waals surface area (Å²) in [4.78, 5) is 2.37. The van der Waals surface area contributed by atoms with Crippen LogP contribution in [0.4, 0.5) is 0 Å². The van der Waals surface area contributed by atoms with Gasteiger partial charge in [-0.15, -0.1) is 0 Å². The van der Waals surface area contributed by atoms with Crippen molar-refractivity contribution in [2.45, 2.75) is 58.1 Å². The third-order valence-electron chi connectivity index (χ3n) is 4.40. The van der Waals surface area contributed by atoms with Crippen LogP contribution in [-0.4, -0.2) is 48.8 Å². The number of nitrogens with zero attached hydrogens (tertiary/aromatic N) is 2. The van der Waals surface area contributed by atoms with Gasteiger partial charge in [0.05, 0.1) is 18.3 Å². The molecule has 1 aliphatic rings. The number of hydrogen-bond acceptors (Lipinski definition) is 4. The Kier molecular flexibility index (Phi) is 6.25. The molecule has 1 heterocycles. The van der Waals surface area contributed by atoms with Crippen molar-refractivity contribution in [3.8, 4) is 6.07 Å². The molecule has 2 atom stereocenters. The van der Waals surface area contributed by atoms with E-state index in [0.717, 1.165) is 45.4 Å². The first kappa shape index (κ1) is 16.4. The van der Waals surface area contributed by atoms with E-state index in [2.05, 4.69) is 44.0 Å². The van der Waals surface area contributed by atoms with E-state index in [1.165, 1.54) is 0 Å². The number of ether oxygens (including phenoxy) is 1. The highest BCUT2D eigenvalue weighted by Crippen LogP contribution is 2.34. The molecular weight excluding hydrogens is 238 g/mol. The van der Waals surface area contributed by atoms with Gasteiger partial charge in [0.15, 0.2) is 0 Å². The van der Waals surface area contributed by atoms with Gasteiger partial charge in [0.2, 0.25) is 0 Å². The maximum Gasteiger partial charge on any atom is 0.111 e. The molecule has 0 aromatic rings. The van der Waals surface area contributed by atoms with Crippen LogP contribution in [0.15, 0.2) is 0 Å². The molecule has 0 amide bonds. The Balaban J connectivity index is 2.54. The minimum Gasteiger partial charge on any atom is -0.375 e. The predicted octanol–water partition coefficient (Wildman–Crippen LogP) is 2.16. The maximum atomic E-state index is 9.57. The van der Waals surface area contributed by atoms with Crippen LogP contribution in [0.3, 0.4) is 0 Å². The summed E-state index contributed by atoms with van der Waals surface area (Å²) in [6.07, 6.45) is 2.52. The van der Waals surface area contributed by atoms with Crippen molar-refractivity contribution in [3.05, 3.63) is 0 Å². The summed E-state index contributed by atoms with van der Waals surface area (Å²) >= 11 is 0. The third kappa shape index (κ3) is 4.45. The Hall–Kier alpha value is -0.630. The van der Waals surface area contributed by atoms with Gasteiger partial charge in [0.25, 0.3) is 0 Å². The molecule has 1 aliphatic heterocycles. The lowest BCUT2D eigenvalue weighted by atomic mass is 9.80. The van der Waals surface area contributed by atoms with Crippen molar-refractivity contribution < 1.29 is 4.74 Å². The standard InChI is InChI=1S/C15H29N3O/c1-5-14(4)12-15(13-16,8-11-19-14)17-9-10-18(6-2)7-3/h17H,5-12H2,1-4H3. The molecule has 19 heavy (non-hydrogen) atoms. The molecule has 0 bridgehead atoms. The highest BCUT2D eigenvalue weighted by Gasteiger charge is 2.42. The zero-order valence-corrected chi connectivity index (χ0v) is 13.0. The molecule has 4 heteroatoms. The molecule has 1 rings (SSSR count). The second kappa shape index (κ2) is 7.23. The largest absolute Gasteiger partial charge is 0.375 e. The fraction of sp³-hybridized carbons (Fsp3) is 0.933. The Morgan fingerprint density at radius 1 is 1.32 bits per heavy atom. The van der Waals surface area contributed by atoms with Crippen LogP contribution < -0.4 is 5.32 Å². The molecule has 1 N–H and O–H groups in total. The summed E-state index contributed by atoms with van der Waals surface area (Å²) < 4.78 is 5.84. The fourth-order valence-electron chi connectivity index (χ4n) is 2.76. The zero-order valence-electron chi connectivity index (χ0n) is 13.0. The van der Waals surface area contributed by atoms with E-state index in [9.17, 15) is 5.26 Å². The van der Waals surface area contributed by atoms with Gasteiger partial charge in [-0.1, -0.05) is 20.8 Å². The third-order valence-corrected chi connectivity index (χ3v) is 4.40. The lowest BCUT2D eigenvalue weighted by molar-refractivity contribution is -0.0904. The first-order valence-electron chi connectivity index (χ1n) is 7.55. The summed E-state index contributed by atoms with van der Waals surface area (Å²) in [6, 6.07) is 2.51. The van der Waals surface area contributed by atoms with Crippen LogP contribution in [0, 0.1) is 11.3 Å². The van der Waals surface area contributed by atoms with Crippen LogP contribution >= 0.6 is 0 Å². The fourth-order valence-corrected chi connectivity index (χ4v) is 2.76. The van der Waals surface area contributed by atoms with Crippen LogP contribution in [-0.2, 0) is 4.74 Å². The number of hydrogen-bond donors (Lipinski definition) is 1. The van der Waals surface area contributed by atoms with Gasteiger partial charge >= 0.3 is 0 Å². The minimum atomic E-state index is -0.407.